The SMILES string of the molecule is CCC(CCO)NCc1cnn(CCO)c1. The summed E-state index contributed by atoms with van der Waals surface area (Å²) < 4.78 is 1.73. The molecule has 0 spiro atoms. The molecule has 1 atom stereocenters. The second-order valence-corrected chi connectivity index (χ2v) is 3.83. The molecule has 1 heterocycles. The first-order valence-electron chi connectivity index (χ1n) is 5.76. The van der Waals surface area contributed by atoms with Crippen LogP contribution in [-0.4, -0.2) is 39.2 Å². The van der Waals surface area contributed by atoms with Crippen LogP contribution in [0.5, 0.6) is 0 Å². The van der Waals surface area contributed by atoms with E-state index in [-0.39, 0.29) is 13.2 Å². The predicted molar refractivity (Wildman–Crippen MR) is 61.9 cm³/mol. The maximum absolute atomic E-state index is 8.85. The summed E-state index contributed by atoms with van der Waals surface area (Å²) >= 11 is 0. The Labute approximate surface area is 96.1 Å². The van der Waals surface area contributed by atoms with Gasteiger partial charge in [0.25, 0.3) is 0 Å². The lowest BCUT2D eigenvalue weighted by molar-refractivity contribution is 0.262. The van der Waals surface area contributed by atoms with E-state index in [0.717, 1.165) is 24.9 Å². The van der Waals surface area contributed by atoms with Crippen molar-refractivity contribution in [2.24, 2.45) is 0 Å². The summed E-state index contributed by atoms with van der Waals surface area (Å²) in [6.45, 7) is 3.71. The van der Waals surface area contributed by atoms with Gasteiger partial charge in [0.15, 0.2) is 0 Å². The number of aliphatic hydroxyl groups is 2. The minimum atomic E-state index is 0.108. The lowest BCUT2D eigenvalue weighted by Gasteiger charge is -2.14. The molecule has 0 fully saturated rings. The van der Waals surface area contributed by atoms with E-state index in [1.54, 1.807) is 10.9 Å². The van der Waals surface area contributed by atoms with Gasteiger partial charge in [0, 0.05) is 31.0 Å². The van der Waals surface area contributed by atoms with Crippen LogP contribution in [0.4, 0.5) is 0 Å². The van der Waals surface area contributed by atoms with Crippen molar-refractivity contribution in [2.75, 3.05) is 13.2 Å². The zero-order valence-electron chi connectivity index (χ0n) is 9.76. The Bertz CT molecular complexity index is 289. The number of nitrogens with one attached hydrogen (secondary N) is 1. The van der Waals surface area contributed by atoms with Gasteiger partial charge < -0.3 is 15.5 Å². The van der Waals surface area contributed by atoms with Gasteiger partial charge in [-0.3, -0.25) is 4.68 Å². The maximum atomic E-state index is 8.85. The first kappa shape index (κ1) is 13.2. The number of hydrogen-bond acceptors (Lipinski definition) is 4. The molecule has 0 aliphatic carbocycles. The van der Waals surface area contributed by atoms with Crippen LogP contribution in [-0.2, 0) is 13.1 Å². The van der Waals surface area contributed by atoms with Gasteiger partial charge in [-0.05, 0) is 12.8 Å². The summed E-state index contributed by atoms with van der Waals surface area (Å²) in [4.78, 5) is 0. The van der Waals surface area contributed by atoms with E-state index in [2.05, 4.69) is 17.3 Å². The Balaban J connectivity index is 2.34. The van der Waals surface area contributed by atoms with E-state index in [9.17, 15) is 0 Å². The third-order valence-corrected chi connectivity index (χ3v) is 2.58. The Morgan fingerprint density at radius 2 is 2.25 bits per heavy atom. The molecule has 1 rings (SSSR count). The van der Waals surface area contributed by atoms with E-state index in [0.29, 0.717) is 12.6 Å². The fraction of sp³-hybridized carbons (Fsp3) is 0.727. The fourth-order valence-electron chi connectivity index (χ4n) is 1.59. The molecule has 0 amide bonds. The highest BCUT2D eigenvalue weighted by Gasteiger charge is 2.05. The van der Waals surface area contributed by atoms with Crippen LogP contribution in [0.3, 0.4) is 0 Å². The molecule has 92 valence electrons. The first-order valence-corrected chi connectivity index (χ1v) is 5.76. The van der Waals surface area contributed by atoms with Gasteiger partial charge in [-0.25, -0.2) is 0 Å². The zero-order valence-corrected chi connectivity index (χ0v) is 9.76. The maximum Gasteiger partial charge on any atom is 0.0640 e. The smallest absolute Gasteiger partial charge is 0.0640 e. The van der Waals surface area contributed by atoms with Gasteiger partial charge in [-0.15, -0.1) is 0 Å². The largest absolute Gasteiger partial charge is 0.396 e. The molecule has 5 heteroatoms. The van der Waals surface area contributed by atoms with Gasteiger partial charge in [0.05, 0.1) is 19.3 Å². The van der Waals surface area contributed by atoms with Crippen LogP contribution >= 0.6 is 0 Å². The summed E-state index contributed by atoms with van der Waals surface area (Å²) in [6, 6.07) is 0.353. The van der Waals surface area contributed by atoms with E-state index in [4.69, 9.17) is 10.2 Å². The summed E-state index contributed by atoms with van der Waals surface area (Å²) in [5.41, 5.74) is 1.10. The Morgan fingerprint density at radius 1 is 1.44 bits per heavy atom. The molecule has 3 N–H and O–H groups in total. The van der Waals surface area contributed by atoms with Crippen LogP contribution in [0.1, 0.15) is 25.3 Å². The van der Waals surface area contributed by atoms with Crippen LogP contribution in [0.25, 0.3) is 0 Å². The summed E-state index contributed by atoms with van der Waals surface area (Å²) in [5, 5.41) is 25.1. The topological polar surface area (TPSA) is 70.3 Å². The number of aromatic nitrogens is 2. The number of aliphatic hydroxyl groups excluding tert-OH is 2. The van der Waals surface area contributed by atoms with Crippen molar-refractivity contribution in [3.63, 3.8) is 0 Å². The Hall–Kier alpha value is -0.910. The average molecular weight is 227 g/mol. The molecule has 1 aromatic heterocycles. The van der Waals surface area contributed by atoms with Crippen molar-refractivity contribution < 1.29 is 10.2 Å². The predicted octanol–water partition coefficient (Wildman–Crippen LogP) is 0.126. The number of hydrogen-bond donors (Lipinski definition) is 3. The number of nitrogens with zero attached hydrogens (tertiary/aromatic N) is 2. The van der Waals surface area contributed by atoms with Gasteiger partial charge >= 0.3 is 0 Å². The normalized spacial score (nSPS) is 12.9. The Kier molecular flexibility index (Phi) is 6.07. The highest BCUT2D eigenvalue weighted by molar-refractivity contribution is 5.03. The lowest BCUT2D eigenvalue weighted by Crippen LogP contribution is -2.28. The van der Waals surface area contributed by atoms with E-state index in [1.807, 2.05) is 6.20 Å². The van der Waals surface area contributed by atoms with Crippen LogP contribution in [0.15, 0.2) is 12.4 Å². The van der Waals surface area contributed by atoms with Gasteiger partial charge in [0.2, 0.25) is 0 Å². The molecular formula is C11H21N3O2. The molecule has 0 radical (unpaired) electrons. The summed E-state index contributed by atoms with van der Waals surface area (Å²) in [5.74, 6) is 0. The van der Waals surface area contributed by atoms with Crippen molar-refractivity contribution >= 4 is 0 Å². The third-order valence-electron chi connectivity index (χ3n) is 2.58. The highest BCUT2D eigenvalue weighted by atomic mass is 16.3. The molecule has 0 aliphatic heterocycles. The summed E-state index contributed by atoms with van der Waals surface area (Å²) in [6.07, 6.45) is 5.51. The molecule has 16 heavy (non-hydrogen) atoms. The molecule has 0 saturated carbocycles. The standard InChI is InChI=1S/C11H21N3O2/c1-2-11(3-5-15)12-7-10-8-13-14(9-10)4-6-16/h8-9,11-12,15-16H,2-7H2,1H3. The minimum absolute atomic E-state index is 0.108. The molecule has 0 saturated heterocycles. The third kappa shape index (κ3) is 4.30. The van der Waals surface area contributed by atoms with Crippen molar-refractivity contribution in [1.29, 1.82) is 0 Å². The highest BCUT2D eigenvalue weighted by Crippen LogP contribution is 2.01. The van der Waals surface area contributed by atoms with Crippen LogP contribution in [0, 0.1) is 0 Å². The average Bonchev–Trinajstić information content (AvgIpc) is 2.72. The molecule has 0 aliphatic rings. The van der Waals surface area contributed by atoms with Crippen LogP contribution in [0.2, 0.25) is 0 Å². The van der Waals surface area contributed by atoms with E-state index < -0.39 is 0 Å². The van der Waals surface area contributed by atoms with E-state index in [1.165, 1.54) is 0 Å². The van der Waals surface area contributed by atoms with Crippen molar-refractivity contribution in [2.45, 2.75) is 38.9 Å². The molecule has 0 bridgehead atoms. The molecule has 1 unspecified atom stereocenters. The minimum Gasteiger partial charge on any atom is -0.396 e. The molecule has 5 nitrogen and oxygen atoms in total. The van der Waals surface area contributed by atoms with Crippen molar-refractivity contribution in [3.8, 4) is 0 Å². The summed E-state index contributed by atoms with van der Waals surface area (Å²) in [7, 11) is 0. The second-order valence-electron chi connectivity index (χ2n) is 3.83. The molecule has 1 aromatic rings. The van der Waals surface area contributed by atoms with Crippen LogP contribution < -0.4 is 5.32 Å². The zero-order chi connectivity index (χ0) is 11.8. The number of rotatable bonds is 8. The van der Waals surface area contributed by atoms with Crippen molar-refractivity contribution in [1.82, 2.24) is 15.1 Å². The monoisotopic (exact) mass is 227 g/mol. The van der Waals surface area contributed by atoms with Gasteiger partial charge in [-0.1, -0.05) is 6.92 Å². The Morgan fingerprint density at radius 3 is 2.88 bits per heavy atom. The van der Waals surface area contributed by atoms with Gasteiger partial charge in [-0.2, -0.15) is 5.10 Å². The lowest BCUT2D eigenvalue weighted by atomic mass is 10.1. The fourth-order valence-corrected chi connectivity index (χ4v) is 1.59. The van der Waals surface area contributed by atoms with E-state index >= 15 is 0 Å². The van der Waals surface area contributed by atoms with Gasteiger partial charge in [0.1, 0.15) is 0 Å². The quantitative estimate of drug-likeness (QED) is 0.590. The van der Waals surface area contributed by atoms with Crippen molar-refractivity contribution in [3.05, 3.63) is 18.0 Å². The second kappa shape index (κ2) is 7.38. The first-order chi connectivity index (χ1) is 7.80. The molecular weight excluding hydrogens is 206 g/mol. The molecule has 0 aromatic carbocycles.